The average molecular weight is 278 g/mol. The summed E-state index contributed by atoms with van der Waals surface area (Å²) in [4.78, 5) is 0. The Kier molecular flexibility index (Phi) is 10.7. The Bertz CT molecular complexity index is 279. The first-order valence-corrected chi connectivity index (χ1v) is 8.89. The molecule has 0 fully saturated rings. The van der Waals surface area contributed by atoms with Gasteiger partial charge in [0.1, 0.15) is 0 Å². The van der Waals surface area contributed by atoms with E-state index in [1.165, 1.54) is 12.8 Å². The monoisotopic (exact) mass is 278 g/mol. The van der Waals surface area contributed by atoms with Crippen molar-refractivity contribution in [3.63, 3.8) is 0 Å². The maximum absolute atomic E-state index is 11.7. The highest BCUT2D eigenvalue weighted by molar-refractivity contribution is 7.89. The lowest BCUT2D eigenvalue weighted by molar-refractivity contribution is 0.443. The van der Waals surface area contributed by atoms with Crippen molar-refractivity contribution in [3.05, 3.63) is 0 Å². The van der Waals surface area contributed by atoms with Gasteiger partial charge in [0, 0.05) is 13.1 Å². The van der Waals surface area contributed by atoms with Crippen LogP contribution >= 0.6 is 0 Å². The maximum Gasteiger partial charge on any atom is 0.212 e. The minimum absolute atomic E-state index is 0.178. The van der Waals surface area contributed by atoms with Crippen LogP contribution in [-0.2, 0) is 10.0 Å². The summed E-state index contributed by atoms with van der Waals surface area (Å²) in [5.74, 6) is 0.653. The number of unbranched alkanes of at least 4 members (excludes halogenated alkanes) is 1. The molecule has 5 heteroatoms. The van der Waals surface area contributed by atoms with Crippen molar-refractivity contribution in [2.45, 2.75) is 52.9 Å². The molecule has 0 spiro atoms. The predicted octanol–water partition coefficient (Wildman–Crippen LogP) is 2.12. The molecule has 110 valence electrons. The van der Waals surface area contributed by atoms with Gasteiger partial charge in [-0.3, -0.25) is 0 Å². The number of hydrogen-bond donors (Lipinski definition) is 2. The first kappa shape index (κ1) is 17.9. The zero-order valence-corrected chi connectivity index (χ0v) is 13.0. The van der Waals surface area contributed by atoms with Gasteiger partial charge in [-0.25, -0.2) is 13.1 Å². The Balaban J connectivity index is 3.85. The van der Waals surface area contributed by atoms with Crippen molar-refractivity contribution in [1.29, 1.82) is 0 Å². The minimum Gasteiger partial charge on any atom is -0.316 e. The molecular weight excluding hydrogens is 248 g/mol. The molecule has 0 aliphatic heterocycles. The molecule has 2 N–H and O–H groups in total. The fraction of sp³-hybridized carbons (Fsp3) is 1.00. The van der Waals surface area contributed by atoms with E-state index < -0.39 is 10.0 Å². The van der Waals surface area contributed by atoms with E-state index >= 15 is 0 Å². The van der Waals surface area contributed by atoms with Gasteiger partial charge >= 0.3 is 0 Å². The number of sulfonamides is 1. The molecule has 1 atom stereocenters. The summed E-state index contributed by atoms with van der Waals surface area (Å²) in [6.45, 7) is 8.36. The zero-order chi connectivity index (χ0) is 13.9. The number of rotatable bonds is 12. The van der Waals surface area contributed by atoms with Gasteiger partial charge in [0.2, 0.25) is 10.0 Å². The second-order valence-electron chi connectivity index (χ2n) is 4.83. The molecule has 0 aliphatic rings. The molecule has 0 saturated heterocycles. The summed E-state index contributed by atoms with van der Waals surface area (Å²) in [6, 6.07) is 0. The average Bonchev–Trinajstić information content (AvgIpc) is 2.35. The summed E-state index contributed by atoms with van der Waals surface area (Å²) in [5, 5.41) is 3.11. The van der Waals surface area contributed by atoms with Crippen LogP contribution in [0.4, 0.5) is 0 Å². The van der Waals surface area contributed by atoms with E-state index in [2.05, 4.69) is 30.8 Å². The molecule has 0 amide bonds. The van der Waals surface area contributed by atoms with Crippen LogP contribution < -0.4 is 10.0 Å². The third kappa shape index (κ3) is 9.85. The van der Waals surface area contributed by atoms with E-state index in [1.54, 1.807) is 0 Å². The molecule has 0 aliphatic carbocycles. The molecule has 0 aromatic heterocycles. The van der Waals surface area contributed by atoms with Crippen LogP contribution in [0.25, 0.3) is 0 Å². The molecule has 0 radical (unpaired) electrons. The Hall–Kier alpha value is -0.130. The standard InChI is InChI=1S/C13H30N2O2S/c1-4-7-8-13(6-3)12-15-18(16,17)11-10-14-9-5-2/h13-15H,4-12H2,1-3H3. The topological polar surface area (TPSA) is 58.2 Å². The summed E-state index contributed by atoms with van der Waals surface area (Å²) < 4.78 is 26.2. The quantitative estimate of drug-likeness (QED) is 0.538. The Morgan fingerprint density at radius 1 is 1.06 bits per heavy atom. The summed E-state index contributed by atoms with van der Waals surface area (Å²) >= 11 is 0. The minimum atomic E-state index is -3.10. The van der Waals surface area contributed by atoms with E-state index in [0.29, 0.717) is 19.0 Å². The van der Waals surface area contributed by atoms with E-state index in [1.807, 2.05) is 0 Å². The normalized spacial score (nSPS) is 13.7. The van der Waals surface area contributed by atoms with Crippen molar-refractivity contribution in [3.8, 4) is 0 Å². The molecule has 4 nitrogen and oxygen atoms in total. The first-order chi connectivity index (χ1) is 8.55. The molecule has 0 bridgehead atoms. The van der Waals surface area contributed by atoms with Gasteiger partial charge in [0.25, 0.3) is 0 Å². The third-order valence-corrected chi connectivity index (χ3v) is 4.46. The lowest BCUT2D eigenvalue weighted by atomic mass is 10.00. The van der Waals surface area contributed by atoms with Crippen LogP contribution in [0.1, 0.15) is 52.9 Å². The highest BCUT2D eigenvalue weighted by atomic mass is 32.2. The molecule has 0 saturated carbocycles. The fourth-order valence-corrected chi connectivity index (χ4v) is 2.82. The molecule has 0 heterocycles. The lowest BCUT2D eigenvalue weighted by Gasteiger charge is -2.15. The highest BCUT2D eigenvalue weighted by Crippen LogP contribution is 2.11. The van der Waals surface area contributed by atoms with Crippen LogP contribution in [0.2, 0.25) is 0 Å². The van der Waals surface area contributed by atoms with E-state index in [4.69, 9.17) is 0 Å². The van der Waals surface area contributed by atoms with E-state index in [9.17, 15) is 8.42 Å². The first-order valence-electron chi connectivity index (χ1n) is 7.23. The van der Waals surface area contributed by atoms with Crippen molar-refractivity contribution < 1.29 is 8.42 Å². The van der Waals surface area contributed by atoms with Crippen LogP contribution in [-0.4, -0.2) is 33.8 Å². The second kappa shape index (κ2) is 10.8. The van der Waals surface area contributed by atoms with Gasteiger partial charge < -0.3 is 5.32 Å². The van der Waals surface area contributed by atoms with Gasteiger partial charge in [-0.05, 0) is 25.3 Å². The van der Waals surface area contributed by atoms with Gasteiger partial charge in [0.05, 0.1) is 5.75 Å². The zero-order valence-electron chi connectivity index (χ0n) is 12.2. The number of nitrogens with one attached hydrogen (secondary N) is 2. The van der Waals surface area contributed by atoms with Crippen LogP contribution in [0.3, 0.4) is 0 Å². The largest absolute Gasteiger partial charge is 0.316 e. The lowest BCUT2D eigenvalue weighted by Crippen LogP contribution is -2.35. The summed E-state index contributed by atoms with van der Waals surface area (Å²) in [5.41, 5.74) is 0. The van der Waals surface area contributed by atoms with Gasteiger partial charge in [0.15, 0.2) is 0 Å². The molecule has 0 aromatic rings. The molecule has 0 aromatic carbocycles. The fourth-order valence-electron chi connectivity index (χ4n) is 1.77. The van der Waals surface area contributed by atoms with E-state index in [0.717, 1.165) is 25.8 Å². The third-order valence-electron chi connectivity index (χ3n) is 3.11. The smallest absolute Gasteiger partial charge is 0.212 e. The van der Waals surface area contributed by atoms with Gasteiger partial charge in [-0.2, -0.15) is 0 Å². The van der Waals surface area contributed by atoms with Crippen molar-refractivity contribution in [2.75, 3.05) is 25.4 Å². The summed E-state index contributed by atoms with van der Waals surface area (Å²) in [6.07, 6.45) is 5.53. The van der Waals surface area contributed by atoms with Gasteiger partial charge in [-0.15, -0.1) is 0 Å². The van der Waals surface area contributed by atoms with Crippen molar-refractivity contribution in [2.24, 2.45) is 5.92 Å². The predicted molar refractivity (Wildman–Crippen MR) is 78.3 cm³/mol. The highest BCUT2D eigenvalue weighted by Gasteiger charge is 2.12. The second-order valence-corrected chi connectivity index (χ2v) is 6.76. The van der Waals surface area contributed by atoms with Crippen LogP contribution in [0.5, 0.6) is 0 Å². The van der Waals surface area contributed by atoms with Crippen LogP contribution in [0.15, 0.2) is 0 Å². The van der Waals surface area contributed by atoms with Crippen molar-refractivity contribution in [1.82, 2.24) is 10.0 Å². The molecule has 1 unspecified atom stereocenters. The van der Waals surface area contributed by atoms with Crippen molar-refractivity contribution >= 4 is 10.0 Å². The Morgan fingerprint density at radius 2 is 1.78 bits per heavy atom. The molecule has 18 heavy (non-hydrogen) atoms. The molecular formula is C13H30N2O2S. The number of hydrogen-bond acceptors (Lipinski definition) is 3. The van der Waals surface area contributed by atoms with Crippen LogP contribution in [0, 0.1) is 5.92 Å². The summed E-state index contributed by atoms with van der Waals surface area (Å²) in [7, 11) is -3.10. The van der Waals surface area contributed by atoms with E-state index in [-0.39, 0.29) is 5.75 Å². The Morgan fingerprint density at radius 3 is 2.33 bits per heavy atom. The maximum atomic E-state index is 11.7. The SMILES string of the molecule is CCCCC(CC)CNS(=O)(=O)CCNCCC. The van der Waals surface area contributed by atoms with Gasteiger partial charge in [-0.1, -0.05) is 40.0 Å². The Labute approximate surface area is 113 Å². The molecule has 0 rings (SSSR count).